The second kappa shape index (κ2) is 8.99. The number of halogens is 1. The lowest BCUT2D eigenvalue weighted by Crippen LogP contribution is -2.42. The zero-order valence-electron chi connectivity index (χ0n) is 16.4. The second-order valence-electron chi connectivity index (χ2n) is 7.03. The average Bonchev–Trinajstić information content (AvgIpc) is 3.19. The number of rotatable bonds is 7. The van der Waals surface area contributed by atoms with Crippen molar-refractivity contribution in [1.82, 2.24) is 14.5 Å². The predicted molar refractivity (Wildman–Crippen MR) is 103 cm³/mol. The molecule has 1 aromatic heterocycles. The normalized spacial score (nSPS) is 16.8. The number of nitrogens with zero attached hydrogens (tertiary/aromatic N) is 3. The Kier molecular flexibility index (Phi) is 6.44. The van der Waals surface area contributed by atoms with E-state index >= 15 is 0 Å². The topological polar surface area (TPSA) is 64.4 Å². The molecule has 1 unspecified atom stereocenters. The van der Waals surface area contributed by atoms with Gasteiger partial charge in [0, 0.05) is 56.4 Å². The Balaban J connectivity index is 1.60. The number of aryl methyl sites for hydroxylation is 2. The van der Waals surface area contributed by atoms with E-state index in [2.05, 4.69) is 4.98 Å². The first-order chi connectivity index (χ1) is 13.5. The summed E-state index contributed by atoms with van der Waals surface area (Å²) in [5.74, 6) is 0.133. The van der Waals surface area contributed by atoms with Gasteiger partial charge in [0.15, 0.2) is 17.3 Å². The summed E-state index contributed by atoms with van der Waals surface area (Å²) < 4.78 is 20.8. The van der Waals surface area contributed by atoms with Crippen molar-refractivity contribution in [3.63, 3.8) is 0 Å². The van der Waals surface area contributed by atoms with Crippen molar-refractivity contribution in [3.05, 3.63) is 47.8 Å². The summed E-state index contributed by atoms with van der Waals surface area (Å²) in [6.45, 7) is 3.66. The maximum Gasteiger partial charge on any atom is 0.224 e. The summed E-state index contributed by atoms with van der Waals surface area (Å²) in [6.07, 6.45) is 6.30. The van der Waals surface area contributed by atoms with E-state index in [9.17, 15) is 14.0 Å². The van der Waals surface area contributed by atoms with Crippen molar-refractivity contribution in [2.24, 2.45) is 5.92 Å². The Bertz CT molecular complexity index is 849. The third-order valence-corrected chi connectivity index (χ3v) is 5.27. The molecule has 0 radical (unpaired) electrons. The Labute approximate surface area is 164 Å². The molecule has 1 atom stereocenters. The minimum atomic E-state index is -0.552. The van der Waals surface area contributed by atoms with Crippen molar-refractivity contribution >= 4 is 11.7 Å². The molecule has 0 bridgehead atoms. The quantitative estimate of drug-likeness (QED) is 0.685. The number of ether oxygens (including phenoxy) is 1. The van der Waals surface area contributed by atoms with Gasteiger partial charge in [0.25, 0.3) is 0 Å². The van der Waals surface area contributed by atoms with E-state index in [-0.39, 0.29) is 23.4 Å². The predicted octanol–water partition coefficient (Wildman–Crippen LogP) is 3.10. The summed E-state index contributed by atoms with van der Waals surface area (Å²) in [5, 5.41) is 0. The third-order valence-electron chi connectivity index (χ3n) is 5.27. The fraction of sp³-hybridized carbons (Fsp3) is 0.476. The Hall–Kier alpha value is -2.70. The number of carbonyl (C=O) groups excluding carboxylic acids is 2. The number of hydrogen-bond donors (Lipinski definition) is 0. The Morgan fingerprint density at radius 3 is 2.89 bits per heavy atom. The molecule has 0 N–H and O–H groups in total. The van der Waals surface area contributed by atoms with Crippen molar-refractivity contribution in [1.29, 1.82) is 0 Å². The SMILES string of the molecule is CCc1nccn1CCC(=O)N1CCCC(C(=O)c2ccc(OC)c(F)c2)C1. The number of methoxy groups -OCH3 is 1. The molecule has 1 fully saturated rings. The highest BCUT2D eigenvalue weighted by Gasteiger charge is 2.29. The lowest BCUT2D eigenvalue weighted by molar-refractivity contribution is -0.132. The van der Waals surface area contributed by atoms with Crippen LogP contribution in [0.1, 0.15) is 42.4 Å². The van der Waals surface area contributed by atoms with Gasteiger partial charge < -0.3 is 14.2 Å². The van der Waals surface area contributed by atoms with Gasteiger partial charge in [0.2, 0.25) is 5.91 Å². The molecule has 6 nitrogen and oxygen atoms in total. The second-order valence-corrected chi connectivity index (χ2v) is 7.03. The van der Waals surface area contributed by atoms with Crippen LogP contribution in [0.3, 0.4) is 0 Å². The molecule has 3 rings (SSSR count). The summed E-state index contributed by atoms with van der Waals surface area (Å²) in [4.78, 5) is 31.5. The molecular formula is C21H26FN3O3. The van der Waals surface area contributed by atoms with Crippen LogP contribution in [0, 0.1) is 11.7 Å². The van der Waals surface area contributed by atoms with Crippen molar-refractivity contribution in [2.45, 2.75) is 39.2 Å². The number of hydrogen-bond acceptors (Lipinski definition) is 4. The maximum atomic E-state index is 13.9. The molecule has 0 saturated carbocycles. The molecule has 1 aromatic carbocycles. The first-order valence-corrected chi connectivity index (χ1v) is 9.69. The van der Waals surface area contributed by atoms with Crippen LogP contribution in [0.15, 0.2) is 30.6 Å². The highest BCUT2D eigenvalue weighted by Crippen LogP contribution is 2.24. The van der Waals surface area contributed by atoms with Gasteiger partial charge in [0.05, 0.1) is 7.11 Å². The summed E-state index contributed by atoms with van der Waals surface area (Å²) in [7, 11) is 1.39. The molecule has 0 aliphatic carbocycles. The average molecular weight is 387 g/mol. The third kappa shape index (κ3) is 4.40. The number of imidazole rings is 1. The minimum Gasteiger partial charge on any atom is -0.494 e. The molecule has 28 heavy (non-hydrogen) atoms. The number of Topliss-reactive ketones (excluding diaryl/α,β-unsaturated/α-hetero) is 1. The summed E-state index contributed by atoms with van der Waals surface area (Å²) in [6, 6.07) is 4.26. The molecule has 1 aliphatic heterocycles. The highest BCUT2D eigenvalue weighted by atomic mass is 19.1. The lowest BCUT2D eigenvalue weighted by atomic mass is 9.89. The number of amides is 1. The van der Waals surface area contributed by atoms with Crippen LogP contribution >= 0.6 is 0 Å². The fourth-order valence-corrected chi connectivity index (χ4v) is 3.71. The van der Waals surface area contributed by atoms with Crippen molar-refractivity contribution < 1.29 is 18.7 Å². The molecule has 1 amide bonds. The van der Waals surface area contributed by atoms with Gasteiger partial charge in [-0.1, -0.05) is 6.92 Å². The lowest BCUT2D eigenvalue weighted by Gasteiger charge is -2.32. The van der Waals surface area contributed by atoms with E-state index in [1.807, 2.05) is 17.7 Å². The van der Waals surface area contributed by atoms with Crippen LogP contribution in [-0.2, 0) is 17.8 Å². The standard InChI is InChI=1S/C21H26FN3O3/c1-3-19-23-9-12-24(19)11-8-20(26)25-10-4-5-16(14-25)21(27)15-6-7-18(28-2)17(22)13-15/h6-7,9,12-13,16H,3-5,8,10-11,14H2,1-2H3. The van der Waals surface area contributed by atoms with E-state index < -0.39 is 5.82 Å². The highest BCUT2D eigenvalue weighted by molar-refractivity contribution is 5.98. The molecule has 7 heteroatoms. The zero-order chi connectivity index (χ0) is 20.1. The van der Waals surface area contributed by atoms with E-state index in [1.54, 1.807) is 17.2 Å². The van der Waals surface area contributed by atoms with Gasteiger partial charge in [0.1, 0.15) is 5.82 Å². The van der Waals surface area contributed by atoms with Crippen LogP contribution in [0.4, 0.5) is 4.39 Å². The molecule has 2 heterocycles. The zero-order valence-corrected chi connectivity index (χ0v) is 16.4. The van der Waals surface area contributed by atoms with Crippen LogP contribution in [0.5, 0.6) is 5.75 Å². The van der Waals surface area contributed by atoms with Gasteiger partial charge in [-0.25, -0.2) is 9.37 Å². The minimum absolute atomic E-state index is 0.0363. The number of benzene rings is 1. The molecular weight excluding hydrogens is 361 g/mol. The molecule has 0 spiro atoms. The molecule has 1 aliphatic rings. The smallest absolute Gasteiger partial charge is 0.224 e. The number of carbonyl (C=O) groups is 2. The first kappa shape index (κ1) is 20.0. The van der Waals surface area contributed by atoms with E-state index in [0.29, 0.717) is 38.0 Å². The number of piperidine rings is 1. The largest absolute Gasteiger partial charge is 0.494 e. The van der Waals surface area contributed by atoms with Gasteiger partial charge in [-0.3, -0.25) is 9.59 Å². The van der Waals surface area contributed by atoms with E-state index in [4.69, 9.17) is 4.74 Å². The molecule has 1 saturated heterocycles. The van der Waals surface area contributed by atoms with E-state index in [0.717, 1.165) is 18.7 Å². The van der Waals surface area contributed by atoms with Gasteiger partial charge in [-0.05, 0) is 31.0 Å². The van der Waals surface area contributed by atoms with Gasteiger partial charge in [-0.15, -0.1) is 0 Å². The van der Waals surface area contributed by atoms with Crippen LogP contribution in [0.25, 0.3) is 0 Å². The number of aromatic nitrogens is 2. The number of likely N-dealkylation sites (tertiary alicyclic amines) is 1. The monoisotopic (exact) mass is 387 g/mol. The Morgan fingerprint density at radius 2 is 2.18 bits per heavy atom. The number of ketones is 1. The molecule has 2 aromatic rings. The van der Waals surface area contributed by atoms with Gasteiger partial charge in [-0.2, -0.15) is 0 Å². The van der Waals surface area contributed by atoms with E-state index in [1.165, 1.54) is 19.2 Å². The summed E-state index contributed by atoms with van der Waals surface area (Å²) in [5.41, 5.74) is 0.323. The van der Waals surface area contributed by atoms with Crippen molar-refractivity contribution in [3.8, 4) is 5.75 Å². The maximum absolute atomic E-state index is 13.9. The van der Waals surface area contributed by atoms with Crippen LogP contribution in [0.2, 0.25) is 0 Å². The summed E-state index contributed by atoms with van der Waals surface area (Å²) >= 11 is 0. The Morgan fingerprint density at radius 1 is 1.36 bits per heavy atom. The van der Waals surface area contributed by atoms with Crippen LogP contribution in [-0.4, -0.2) is 46.3 Å². The molecule has 150 valence electrons. The van der Waals surface area contributed by atoms with Crippen LogP contribution < -0.4 is 4.74 Å². The first-order valence-electron chi connectivity index (χ1n) is 9.69. The van der Waals surface area contributed by atoms with Gasteiger partial charge >= 0.3 is 0 Å². The van der Waals surface area contributed by atoms with Crippen molar-refractivity contribution in [2.75, 3.05) is 20.2 Å². The fourth-order valence-electron chi connectivity index (χ4n) is 3.71.